The van der Waals surface area contributed by atoms with Crippen molar-refractivity contribution in [3.63, 3.8) is 0 Å². The fourth-order valence-electron chi connectivity index (χ4n) is 1.85. The molecule has 0 aromatic heterocycles. The van der Waals surface area contributed by atoms with Crippen molar-refractivity contribution >= 4 is 17.3 Å². The fourth-order valence-corrected chi connectivity index (χ4v) is 2.02. The first-order valence-electron chi connectivity index (χ1n) is 7.10. The molecule has 0 saturated heterocycles. The van der Waals surface area contributed by atoms with Gasteiger partial charge >= 0.3 is 0 Å². The Morgan fingerprint density at radius 2 is 1.64 bits per heavy atom. The highest BCUT2D eigenvalue weighted by molar-refractivity contribution is 7.80. The highest BCUT2D eigenvalue weighted by Crippen LogP contribution is 2.16. The Morgan fingerprint density at radius 1 is 0.955 bits per heavy atom. The quantitative estimate of drug-likeness (QED) is 0.607. The van der Waals surface area contributed by atoms with Crippen LogP contribution in [0.2, 0.25) is 0 Å². The van der Waals surface area contributed by atoms with E-state index in [1.54, 1.807) is 7.11 Å². The first-order valence-corrected chi connectivity index (χ1v) is 7.51. The second-order valence-electron chi connectivity index (χ2n) is 4.62. The molecule has 0 aliphatic heterocycles. The minimum Gasteiger partial charge on any atom is -0.497 e. The average Bonchev–Trinajstić information content (AvgIpc) is 2.58. The van der Waals surface area contributed by atoms with Crippen LogP contribution in [0.5, 0.6) is 11.5 Å². The van der Waals surface area contributed by atoms with Gasteiger partial charge in [-0.1, -0.05) is 30.3 Å². The number of nitrogens with one attached hydrogen (secondary N) is 2. The van der Waals surface area contributed by atoms with Crippen LogP contribution in [0.1, 0.15) is 5.56 Å². The van der Waals surface area contributed by atoms with Crippen molar-refractivity contribution in [1.29, 1.82) is 0 Å². The number of methoxy groups -OCH3 is 1. The first-order chi connectivity index (χ1) is 10.8. The van der Waals surface area contributed by atoms with Gasteiger partial charge < -0.3 is 20.1 Å². The van der Waals surface area contributed by atoms with Crippen molar-refractivity contribution in [1.82, 2.24) is 10.6 Å². The SMILES string of the molecule is COc1ccc(OCCNC(=S)NCc2ccccc2)cc1. The van der Waals surface area contributed by atoms with Crippen LogP contribution in [0.3, 0.4) is 0 Å². The smallest absolute Gasteiger partial charge is 0.166 e. The molecule has 22 heavy (non-hydrogen) atoms. The fraction of sp³-hybridized carbons (Fsp3) is 0.235. The third-order valence-corrected chi connectivity index (χ3v) is 3.30. The van der Waals surface area contributed by atoms with Gasteiger partial charge in [-0.3, -0.25) is 0 Å². The van der Waals surface area contributed by atoms with Crippen LogP contribution in [0.4, 0.5) is 0 Å². The van der Waals surface area contributed by atoms with Gasteiger partial charge in [-0.15, -0.1) is 0 Å². The molecular formula is C17H20N2O2S. The second kappa shape index (κ2) is 8.89. The Bertz CT molecular complexity index is 573. The summed E-state index contributed by atoms with van der Waals surface area (Å²) in [5.74, 6) is 1.63. The summed E-state index contributed by atoms with van der Waals surface area (Å²) in [5, 5.41) is 6.90. The molecule has 0 aliphatic carbocycles. The lowest BCUT2D eigenvalue weighted by molar-refractivity contribution is 0.321. The number of hydrogen-bond acceptors (Lipinski definition) is 3. The summed E-state index contributed by atoms with van der Waals surface area (Å²) in [7, 11) is 1.64. The summed E-state index contributed by atoms with van der Waals surface area (Å²) in [6.45, 7) is 1.90. The van der Waals surface area contributed by atoms with E-state index in [4.69, 9.17) is 21.7 Å². The Balaban J connectivity index is 1.60. The van der Waals surface area contributed by atoms with Gasteiger partial charge in [0.15, 0.2) is 5.11 Å². The summed E-state index contributed by atoms with van der Waals surface area (Å²) in [6, 6.07) is 17.6. The van der Waals surface area contributed by atoms with Crippen molar-refractivity contribution in [2.45, 2.75) is 6.54 Å². The summed E-state index contributed by atoms with van der Waals surface area (Å²) >= 11 is 5.22. The van der Waals surface area contributed by atoms with E-state index < -0.39 is 0 Å². The van der Waals surface area contributed by atoms with Crippen LogP contribution in [0, 0.1) is 0 Å². The summed E-state index contributed by atoms with van der Waals surface area (Å²) < 4.78 is 10.7. The minimum atomic E-state index is 0.541. The Hall–Kier alpha value is -2.27. The predicted molar refractivity (Wildman–Crippen MR) is 92.4 cm³/mol. The summed E-state index contributed by atoms with van der Waals surface area (Å²) in [6.07, 6.45) is 0. The topological polar surface area (TPSA) is 42.5 Å². The van der Waals surface area contributed by atoms with Gasteiger partial charge in [0.2, 0.25) is 0 Å². The van der Waals surface area contributed by atoms with Crippen LogP contribution in [-0.4, -0.2) is 25.4 Å². The largest absolute Gasteiger partial charge is 0.497 e. The molecule has 2 N–H and O–H groups in total. The molecule has 0 fully saturated rings. The molecule has 2 aromatic carbocycles. The van der Waals surface area contributed by atoms with Gasteiger partial charge in [-0.2, -0.15) is 0 Å². The minimum absolute atomic E-state index is 0.541. The lowest BCUT2D eigenvalue weighted by atomic mass is 10.2. The van der Waals surface area contributed by atoms with Gasteiger partial charge in [0.25, 0.3) is 0 Å². The molecule has 5 heteroatoms. The number of ether oxygens (including phenoxy) is 2. The molecule has 0 heterocycles. The maximum Gasteiger partial charge on any atom is 0.166 e. The molecule has 0 unspecified atom stereocenters. The molecule has 0 radical (unpaired) electrons. The van der Waals surface area contributed by atoms with Gasteiger partial charge in [-0.05, 0) is 42.0 Å². The lowest BCUT2D eigenvalue weighted by Gasteiger charge is -2.11. The van der Waals surface area contributed by atoms with E-state index in [0.29, 0.717) is 24.8 Å². The molecule has 0 atom stereocenters. The molecule has 116 valence electrons. The van der Waals surface area contributed by atoms with Crippen molar-refractivity contribution in [3.05, 3.63) is 60.2 Å². The summed E-state index contributed by atoms with van der Waals surface area (Å²) in [4.78, 5) is 0. The molecule has 0 bridgehead atoms. The van der Waals surface area contributed by atoms with Gasteiger partial charge in [-0.25, -0.2) is 0 Å². The molecule has 2 aromatic rings. The first kappa shape index (κ1) is 16.1. The Kier molecular flexibility index (Phi) is 6.51. The zero-order valence-corrected chi connectivity index (χ0v) is 13.4. The zero-order valence-electron chi connectivity index (χ0n) is 12.5. The second-order valence-corrected chi connectivity index (χ2v) is 5.03. The monoisotopic (exact) mass is 316 g/mol. The van der Waals surface area contributed by atoms with Crippen molar-refractivity contribution in [2.24, 2.45) is 0 Å². The Morgan fingerprint density at radius 3 is 2.32 bits per heavy atom. The molecule has 2 rings (SSSR count). The predicted octanol–water partition coefficient (Wildman–Crippen LogP) is 2.74. The highest BCUT2D eigenvalue weighted by atomic mass is 32.1. The Labute approximate surface area is 136 Å². The van der Waals surface area contributed by atoms with E-state index in [0.717, 1.165) is 11.5 Å². The third-order valence-electron chi connectivity index (χ3n) is 3.01. The van der Waals surface area contributed by atoms with E-state index in [1.165, 1.54) is 5.56 Å². The number of rotatable bonds is 7. The van der Waals surface area contributed by atoms with Gasteiger partial charge in [0.1, 0.15) is 18.1 Å². The van der Waals surface area contributed by atoms with Crippen LogP contribution in [0.15, 0.2) is 54.6 Å². The maximum atomic E-state index is 5.61. The third kappa shape index (κ3) is 5.61. The van der Waals surface area contributed by atoms with Crippen LogP contribution in [0.25, 0.3) is 0 Å². The molecule has 4 nitrogen and oxygen atoms in total. The molecule has 0 saturated carbocycles. The van der Waals surface area contributed by atoms with Crippen LogP contribution < -0.4 is 20.1 Å². The van der Waals surface area contributed by atoms with Crippen LogP contribution in [-0.2, 0) is 6.54 Å². The lowest BCUT2D eigenvalue weighted by Crippen LogP contribution is -2.37. The average molecular weight is 316 g/mol. The molecule has 0 amide bonds. The standard InChI is InChI=1S/C17H20N2O2S/c1-20-15-7-9-16(10-8-15)21-12-11-18-17(22)19-13-14-5-3-2-4-6-14/h2-10H,11-13H2,1H3,(H2,18,19,22). The van der Waals surface area contributed by atoms with Crippen molar-refractivity contribution in [3.8, 4) is 11.5 Å². The molecular weight excluding hydrogens is 296 g/mol. The molecule has 0 spiro atoms. The summed E-state index contributed by atoms with van der Waals surface area (Å²) in [5.41, 5.74) is 1.20. The van der Waals surface area contributed by atoms with Gasteiger partial charge in [0.05, 0.1) is 13.7 Å². The van der Waals surface area contributed by atoms with E-state index >= 15 is 0 Å². The number of thiocarbonyl (C=S) groups is 1. The van der Waals surface area contributed by atoms with E-state index in [2.05, 4.69) is 22.8 Å². The van der Waals surface area contributed by atoms with E-state index in [-0.39, 0.29) is 0 Å². The normalized spacial score (nSPS) is 9.86. The number of benzene rings is 2. The molecule has 0 aliphatic rings. The number of hydrogen-bond donors (Lipinski definition) is 2. The van der Waals surface area contributed by atoms with E-state index in [9.17, 15) is 0 Å². The van der Waals surface area contributed by atoms with E-state index in [1.807, 2.05) is 42.5 Å². The van der Waals surface area contributed by atoms with Crippen LogP contribution >= 0.6 is 12.2 Å². The highest BCUT2D eigenvalue weighted by Gasteiger charge is 1.98. The van der Waals surface area contributed by atoms with Crippen molar-refractivity contribution < 1.29 is 9.47 Å². The maximum absolute atomic E-state index is 5.61. The zero-order chi connectivity index (χ0) is 15.6. The van der Waals surface area contributed by atoms with Crippen molar-refractivity contribution in [2.75, 3.05) is 20.3 Å². The van der Waals surface area contributed by atoms with Gasteiger partial charge in [0, 0.05) is 6.54 Å².